The molecule has 1 amide bonds. The van der Waals surface area contributed by atoms with Gasteiger partial charge >= 0.3 is 0 Å². The molecule has 0 aromatic heterocycles. The molecule has 1 saturated carbocycles. The molecule has 4 heteroatoms. The van der Waals surface area contributed by atoms with Gasteiger partial charge in [-0.3, -0.25) is 9.80 Å². The van der Waals surface area contributed by atoms with Crippen molar-refractivity contribution in [2.75, 3.05) is 0 Å². The second-order valence-electron chi connectivity index (χ2n) is 4.55. The first-order valence-corrected chi connectivity index (χ1v) is 6.06. The van der Waals surface area contributed by atoms with Gasteiger partial charge in [-0.1, -0.05) is 19.3 Å². The van der Waals surface area contributed by atoms with Gasteiger partial charge in [-0.15, -0.1) is 0 Å². The largest absolute Gasteiger partial charge is 0.508 e. The van der Waals surface area contributed by atoms with E-state index < -0.39 is 0 Å². The van der Waals surface area contributed by atoms with Crippen LogP contribution in [0.5, 0.6) is 5.75 Å². The zero-order chi connectivity index (χ0) is 12.3. The molecule has 0 spiro atoms. The fraction of sp³-hybridized carbons (Fsp3) is 0.462. The Kier molecular flexibility index (Phi) is 3.64. The first kappa shape index (κ1) is 11.9. The summed E-state index contributed by atoms with van der Waals surface area (Å²) in [6, 6.07) is 6.36. The molecule has 2 rings (SSSR count). The second-order valence-corrected chi connectivity index (χ2v) is 4.55. The van der Waals surface area contributed by atoms with E-state index in [9.17, 15) is 4.79 Å². The molecule has 1 aliphatic rings. The Morgan fingerprint density at radius 1 is 1.18 bits per heavy atom. The van der Waals surface area contributed by atoms with Gasteiger partial charge in [0.2, 0.25) is 0 Å². The van der Waals surface area contributed by atoms with Crippen LogP contribution in [-0.2, 0) is 0 Å². The number of nitrogens with two attached hydrogens (primary N) is 1. The van der Waals surface area contributed by atoms with Crippen LogP contribution in [-0.4, -0.2) is 22.1 Å². The summed E-state index contributed by atoms with van der Waals surface area (Å²) < 4.78 is 0. The molecule has 17 heavy (non-hydrogen) atoms. The summed E-state index contributed by atoms with van der Waals surface area (Å²) in [5.74, 6) is 5.87. The molecule has 0 bridgehead atoms. The van der Waals surface area contributed by atoms with Crippen molar-refractivity contribution < 1.29 is 9.90 Å². The number of aromatic hydroxyl groups is 1. The Labute approximate surface area is 101 Å². The van der Waals surface area contributed by atoms with E-state index >= 15 is 0 Å². The number of hydrogen-bond donors (Lipinski definition) is 2. The summed E-state index contributed by atoms with van der Waals surface area (Å²) in [5.41, 5.74) is 0.524. The quantitative estimate of drug-likeness (QED) is 0.467. The number of phenols is 1. The van der Waals surface area contributed by atoms with E-state index in [2.05, 4.69) is 0 Å². The number of hydrazine groups is 1. The number of amides is 1. The Bertz CT molecular complexity index is 383. The predicted octanol–water partition coefficient (Wildman–Crippen LogP) is 2.04. The Balaban J connectivity index is 2.05. The molecular formula is C13H18N2O2. The highest BCUT2D eigenvalue weighted by Crippen LogP contribution is 2.22. The molecule has 1 aliphatic carbocycles. The van der Waals surface area contributed by atoms with Crippen molar-refractivity contribution in [3.05, 3.63) is 29.8 Å². The number of nitrogens with zero attached hydrogens (tertiary/aromatic N) is 1. The highest BCUT2D eigenvalue weighted by atomic mass is 16.3. The Morgan fingerprint density at radius 2 is 1.76 bits per heavy atom. The van der Waals surface area contributed by atoms with Gasteiger partial charge in [-0.25, -0.2) is 5.84 Å². The first-order chi connectivity index (χ1) is 8.18. The van der Waals surface area contributed by atoms with Gasteiger partial charge in [0.25, 0.3) is 5.91 Å². The molecule has 92 valence electrons. The zero-order valence-electron chi connectivity index (χ0n) is 9.80. The van der Waals surface area contributed by atoms with Gasteiger partial charge in [0.1, 0.15) is 5.75 Å². The lowest BCUT2D eigenvalue weighted by atomic mass is 9.95. The van der Waals surface area contributed by atoms with Crippen LogP contribution < -0.4 is 5.84 Å². The van der Waals surface area contributed by atoms with Gasteiger partial charge < -0.3 is 5.11 Å². The van der Waals surface area contributed by atoms with Crippen molar-refractivity contribution in [1.29, 1.82) is 0 Å². The maximum absolute atomic E-state index is 12.1. The van der Waals surface area contributed by atoms with Crippen molar-refractivity contribution in [2.24, 2.45) is 5.84 Å². The van der Waals surface area contributed by atoms with Gasteiger partial charge in [0.15, 0.2) is 0 Å². The molecule has 1 aromatic carbocycles. The maximum atomic E-state index is 12.1. The van der Waals surface area contributed by atoms with E-state index in [1.54, 1.807) is 12.1 Å². The number of rotatable bonds is 2. The second kappa shape index (κ2) is 5.19. The fourth-order valence-corrected chi connectivity index (χ4v) is 2.28. The lowest BCUT2D eigenvalue weighted by Crippen LogP contribution is -2.46. The van der Waals surface area contributed by atoms with Crippen LogP contribution in [0, 0.1) is 0 Å². The number of benzene rings is 1. The zero-order valence-corrected chi connectivity index (χ0v) is 9.80. The van der Waals surface area contributed by atoms with Crippen LogP contribution in [0.25, 0.3) is 0 Å². The summed E-state index contributed by atoms with van der Waals surface area (Å²) in [4.78, 5) is 12.1. The highest BCUT2D eigenvalue weighted by molar-refractivity contribution is 5.94. The molecule has 1 aromatic rings. The molecule has 3 N–H and O–H groups in total. The third-order valence-corrected chi connectivity index (χ3v) is 3.32. The summed E-state index contributed by atoms with van der Waals surface area (Å²) in [6.45, 7) is 0. The minimum atomic E-state index is -0.170. The van der Waals surface area contributed by atoms with Crippen molar-refractivity contribution in [3.63, 3.8) is 0 Å². The smallest absolute Gasteiger partial charge is 0.268 e. The van der Waals surface area contributed by atoms with Crippen molar-refractivity contribution in [1.82, 2.24) is 5.01 Å². The average molecular weight is 234 g/mol. The summed E-state index contributed by atoms with van der Waals surface area (Å²) in [7, 11) is 0. The number of hydrogen-bond acceptors (Lipinski definition) is 3. The van der Waals surface area contributed by atoms with Crippen molar-refractivity contribution >= 4 is 5.91 Å². The van der Waals surface area contributed by atoms with Crippen LogP contribution in [0.4, 0.5) is 0 Å². The van der Waals surface area contributed by atoms with Crippen molar-refractivity contribution in [3.8, 4) is 5.75 Å². The fourth-order valence-electron chi connectivity index (χ4n) is 2.28. The lowest BCUT2D eigenvalue weighted by Gasteiger charge is -2.30. The van der Waals surface area contributed by atoms with Crippen LogP contribution >= 0.6 is 0 Å². The molecule has 0 heterocycles. The molecule has 0 radical (unpaired) electrons. The third-order valence-electron chi connectivity index (χ3n) is 3.32. The minimum absolute atomic E-state index is 0.155. The summed E-state index contributed by atoms with van der Waals surface area (Å²) in [6.07, 6.45) is 5.49. The van der Waals surface area contributed by atoms with Crippen LogP contribution in [0.15, 0.2) is 24.3 Å². The molecular weight excluding hydrogens is 216 g/mol. The molecule has 4 nitrogen and oxygen atoms in total. The van der Waals surface area contributed by atoms with Gasteiger partial charge in [0, 0.05) is 11.6 Å². The Hall–Kier alpha value is -1.55. The Morgan fingerprint density at radius 3 is 2.35 bits per heavy atom. The highest BCUT2D eigenvalue weighted by Gasteiger charge is 2.23. The van der Waals surface area contributed by atoms with E-state index in [0.717, 1.165) is 25.7 Å². The summed E-state index contributed by atoms with van der Waals surface area (Å²) >= 11 is 0. The van der Waals surface area contributed by atoms with E-state index in [4.69, 9.17) is 10.9 Å². The van der Waals surface area contributed by atoms with E-state index in [1.807, 2.05) is 0 Å². The molecule has 1 fully saturated rings. The monoisotopic (exact) mass is 234 g/mol. The van der Waals surface area contributed by atoms with Crippen LogP contribution in [0.3, 0.4) is 0 Å². The van der Waals surface area contributed by atoms with Gasteiger partial charge in [-0.2, -0.15) is 0 Å². The van der Waals surface area contributed by atoms with Gasteiger partial charge in [0.05, 0.1) is 0 Å². The number of phenolic OH excluding ortho intramolecular Hbond substituents is 1. The number of carbonyl (C=O) groups excluding carboxylic acids is 1. The third kappa shape index (κ3) is 2.77. The topological polar surface area (TPSA) is 66.6 Å². The normalized spacial score (nSPS) is 16.8. The van der Waals surface area contributed by atoms with E-state index in [-0.39, 0.29) is 17.7 Å². The van der Waals surface area contributed by atoms with E-state index in [0.29, 0.717) is 5.56 Å². The number of carbonyl (C=O) groups is 1. The molecule has 0 aliphatic heterocycles. The van der Waals surface area contributed by atoms with E-state index in [1.165, 1.54) is 23.6 Å². The lowest BCUT2D eigenvalue weighted by molar-refractivity contribution is 0.0633. The van der Waals surface area contributed by atoms with Gasteiger partial charge in [-0.05, 0) is 37.1 Å². The molecule has 0 saturated heterocycles. The minimum Gasteiger partial charge on any atom is -0.508 e. The maximum Gasteiger partial charge on any atom is 0.268 e. The molecule has 0 atom stereocenters. The van der Waals surface area contributed by atoms with Crippen molar-refractivity contribution in [2.45, 2.75) is 38.1 Å². The SMILES string of the molecule is NN(C(=O)c1ccc(O)cc1)C1CCCCC1. The average Bonchev–Trinajstić information content (AvgIpc) is 2.39. The standard InChI is InChI=1S/C13H18N2O2/c14-15(11-4-2-1-3-5-11)13(17)10-6-8-12(16)9-7-10/h6-9,11,16H,1-5,14H2. The van der Waals surface area contributed by atoms with Crippen LogP contribution in [0.1, 0.15) is 42.5 Å². The predicted molar refractivity (Wildman–Crippen MR) is 65.3 cm³/mol. The summed E-state index contributed by atoms with van der Waals surface area (Å²) in [5, 5.41) is 10.5. The van der Waals surface area contributed by atoms with Crippen LogP contribution in [0.2, 0.25) is 0 Å². The molecule has 0 unspecified atom stereocenters. The first-order valence-electron chi connectivity index (χ1n) is 6.06.